The summed E-state index contributed by atoms with van der Waals surface area (Å²) < 4.78 is 16.9. The number of amides is 2. The highest BCUT2D eigenvalue weighted by Gasteiger charge is 2.24. The van der Waals surface area contributed by atoms with E-state index in [1.54, 1.807) is 0 Å². The third-order valence-corrected chi connectivity index (χ3v) is 5.86. The lowest BCUT2D eigenvalue weighted by molar-refractivity contribution is -0.135. The lowest BCUT2D eigenvalue weighted by Gasteiger charge is -2.32. The molecule has 4 rings (SSSR count). The Morgan fingerprint density at radius 2 is 1.59 bits per heavy atom. The van der Waals surface area contributed by atoms with Gasteiger partial charge >= 0.3 is 0 Å². The van der Waals surface area contributed by atoms with E-state index in [0.717, 1.165) is 25.1 Å². The van der Waals surface area contributed by atoms with Crippen LogP contribution in [0.1, 0.15) is 23.2 Å². The molecule has 2 aromatic rings. The van der Waals surface area contributed by atoms with E-state index >= 15 is 0 Å². The summed E-state index contributed by atoms with van der Waals surface area (Å²) in [6.07, 6.45) is 1.98. The normalized spacial score (nSPS) is 18.8. The van der Waals surface area contributed by atoms with Crippen LogP contribution in [-0.2, 0) is 9.53 Å². The van der Waals surface area contributed by atoms with E-state index in [-0.39, 0.29) is 24.3 Å². The third-order valence-electron chi connectivity index (χ3n) is 5.86. The van der Waals surface area contributed by atoms with Crippen molar-refractivity contribution in [3.05, 3.63) is 60.2 Å². The van der Waals surface area contributed by atoms with Crippen LogP contribution in [0.5, 0.6) is 11.5 Å². The van der Waals surface area contributed by atoms with Crippen molar-refractivity contribution in [2.24, 2.45) is 5.92 Å². The van der Waals surface area contributed by atoms with Gasteiger partial charge in [-0.15, -0.1) is 0 Å². The van der Waals surface area contributed by atoms with Gasteiger partial charge in [0.2, 0.25) is 0 Å². The summed E-state index contributed by atoms with van der Waals surface area (Å²) in [5.74, 6) is 1.75. The largest absolute Gasteiger partial charge is 0.493 e. The molecule has 2 heterocycles. The van der Waals surface area contributed by atoms with Gasteiger partial charge in [-0.25, -0.2) is 0 Å². The van der Waals surface area contributed by atoms with E-state index in [0.29, 0.717) is 50.8 Å². The van der Waals surface area contributed by atoms with Gasteiger partial charge in [0, 0.05) is 37.7 Å². The highest BCUT2D eigenvalue weighted by atomic mass is 16.5. The first-order valence-corrected chi connectivity index (χ1v) is 11.2. The Morgan fingerprint density at radius 3 is 2.34 bits per heavy atom. The molecule has 0 spiro atoms. The number of carbonyl (C=O) groups excluding carboxylic acids is 2. The monoisotopic (exact) mass is 438 g/mol. The zero-order chi connectivity index (χ0) is 22.2. The fourth-order valence-electron chi connectivity index (χ4n) is 4.04. The van der Waals surface area contributed by atoms with Gasteiger partial charge < -0.3 is 24.0 Å². The molecule has 0 aromatic heterocycles. The minimum atomic E-state index is 0.00420. The molecule has 0 radical (unpaired) electrons. The van der Waals surface area contributed by atoms with Gasteiger partial charge in [0.15, 0.2) is 6.61 Å². The molecule has 2 amide bonds. The third kappa shape index (κ3) is 6.01. The topological polar surface area (TPSA) is 68.3 Å². The van der Waals surface area contributed by atoms with E-state index < -0.39 is 0 Å². The summed E-state index contributed by atoms with van der Waals surface area (Å²) in [7, 11) is 0. The molecule has 0 N–H and O–H groups in total. The minimum Gasteiger partial charge on any atom is -0.493 e. The molecule has 0 saturated carbocycles. The molecule has 2 aromatic carbocycles. The molecule has 0 bridgehead atoms. The summed E-state index contributed by atoms with van der Waals surface area (Å²) in [5, 5.41) is 0. The average Bonchev–Trinajstić information content (AvgIpc) is 2.87. The second-order valence-electron chi connectivity index (χ2n) is 8.19. The minimum absolute atomic E-state index is 0.00420. The van der Waals surface area contributed by atoms with Crippen molar-refractivity contribution in [3.8, 4) is 11.5 Å². The molecule has 2 aliphatic rings. The van der Waals surface area contributed by atoms with Crippen molar-refractivity contribution in [2.75, 3.05) is 52.6 Å². The number of hydrogen-bond donors (Lipinski definition) is 0. The number of para-hydroxylation sites is 1. The predicted octanol–water partition coefficient (Wildman–Crippen LogP) is 2.86. The van der Waals surface area contributed by atoms with E-state index in [1.807, 2.05) is 64.4 Å². The standard InChI is InChI=1S/C25H30N2O5/c28-24(19-32-22-6-2-1-3-7-22)27-12-4-5-20(17-27)18-31-23-10-8-21(9-11-23)25(29)26-13-15-30-16-14-26/h1-3,6-11,20H,4-5,12-19H2. The number of benzene rings is 2. The van der Waals surface area contributed by atoms with E-state index in [2.05, 4.69) is 0 Å². The van der Waals surface area contributed by atoms with E-state index in [9.17, 15) is 9.59 Å². The number of rotatable bonds is 7. The maximum Gasteiger partial charge on any atom is 0.260 e. The number of nitrogens with zero attached hydrogens (tertiary/aromatic N) is 2. The summed E-state index contributed by atoms with van der Waals surface area (Å²) >= 11 is 0. The Balaban J connectivity index is 1.22. The second kappa shape index (κ2) is 11.0. The summed E-state index contributed by atoms with van der Waals surface area (Å²) in [5.41, 5.74) is 0.659. The van der Waals surface area contributed by atoms with Crippen LogP contribution in [0.4, 0.5) is 0 Å². The Bertz CT molecular complexity index is 881. The summed E-state index contributed by atoms with van der Waals surface area (Å²) in [6, 6.07) is 16.7. The second-order valence-corrected chi connectivity index (χ2v) is 8.19. The Labute approximate surface area is 188 Å². The quantitative estimate of drug-likeness (QED) is 0.665. The molecule has 0 aliphatic carbocycles. The summed E-state index contributed by atoms with van der Waals surface area (Å²) in [4.78, 5) is 28.8. The zero-order valence-corrected chi connectivity index (χ0v) is 18.3. The van der Waals surface area contributed by atoms with Crippen LogP contribution in [0.3, 0.4) is 0 Å². The highest BCUT2D eigenvalue weighted by Crippen LogP contribution is 2.20. The predicted molar refractivity (Wildman–Crippen MR) is 120 cm³/mol. The molecule has 7 heteroatoms. The molecule has 2 fully saturated rings. The number of piperidine rings is 1. The molecule has 32 heavy (non-hydrogen) atoms. The summed E-state index contributed by atoms with van der Waals surface area (Å²) in [6.45, 7) is 4.46. The Hall–Kier alpha value is -3.06. The van der Waals surface area contributed by atoms with Crippen LogP contribution in [0, 0.1) is 5.92 Å². The zero-order valence-electron chi connectivity index (χ0n) is 18.3. The van der Waals surface area contributed by atoms with E-state index in [1.165, 1.54) is 0 Å². The SMILES string of the molecule is O=C(COc1ccccc1)N1CCCC(COc2ccc(C(=O)N3CCOCC3)cc2)C1. The lowest BCUT2D eigenvalue weighted by Crippen LogP contribution is -2.43. The van der Waals surface area contributed by atoms with Crippen molar-refractivity contribution in [1.29, 1.82) is 0 Å². The number of hydrogen-bond acceptors (Lipinski definition) is 5. The maximum absolute atomic E-state index is 12.5. The van der Waals surface area contributed by atoms with Gasteiger partial charge in [0.1, 0.15) is 11.5 Å². The first-order chi connectivity index (χ1) is 15.7. The molecule has 1 atom stereocenters. The van der Waals surface area contributed by atoms with E-state index in [4.69, 9.17) is 14.2 Å². The van der Waals surface area contributed by atoms with Gasteiger partial charge in [-0.3, -0.25) is 9.59 Å². The maximum atomic E-state index is 12.5. The number of morpholine rings is 1. The Morgan fingerprint density at radius 1 is 0.875 bits per heavy atom. The van der Waals surface area contributed by atoms with Crippen LogP contribution < -0.4 is 9.47 Å². The fourth-order valence-corrected chi connectivity index (χ4v) is 4.04. The number of ether oxygens (including phenoxy) is 3. The van der Waals surface area contributed by atoms with Crippen molar-refractivity contribution in [1.82, 2.24) is 9.80 Å². The fraction of sp³-hybridized carbons (Fsp3) is 0.440. The highest BCUT2D eigenvalue weighted by molar-refractivity contribution is 5.94. The van der Waals surface area contributed by atoms with Gasteiger partial charge in [-0.2, -0.15) is 0 Å². The van der Waals surface area contributed by atoms with Crippen LogP contribution in [0.15, 0.2) is 54.6 Å². The van der Waals surface area contributed by atoms with Crippen molar-refractivity contribution >= 4 is 11.8 Å². The lowest BCUT2D eigenvalue weighted by atomic mass is 9.99. The van der Waals surface area contributed by atoms with Crippen LogP contribution in [0.25, 0.3) is 0 Å². The molecule has 2 aliphatic heterocycles. The van der Waals surface area contributed by atoms with Gasteiger partial charge in [0.25, 0.3) is 11.8 Å². The van der Waals surface area contributed by atoms with Crippen molar-refractivity contribution < 1.29 is 23.8 Å². The Kier molecular flexibility index (Phi) is 7.61. The molecule has 1 unspecified atom stereocenters. The van der Waals surface area contributed by atoms with Crippen molar-refractivity contribution in [2.45, 2.75) is 12.8 Å². The molecule has 170 valence electrons. The molecular weight excluding hydrogens is 408 g/mol. The average molecular weight is 439 g/mol. The number of carbonyl (C=O) groups is 2. The number of likely N-dealkylation sites (tertiary alicyclic amines) is 1. The molecule has 2 saturated heterocycles. The molecule has 7 nitrogen and oxygen atoms in total. The first-order valence-electron chi connectivity index (χ1n) is 11.2. The van der Waals surface area contributed by atoms with Gasteiger partial charge in [0.05, 0.1) is 19.8 Å². The first kappa shape index (κ1) is 22.1. The molecular formula is C25H30N2O5. The van der Waals surface area contributed by atoms with Gasteiger partial charge in [-0.1, -0.05) is 18.2 Å². The van der Waals surface area contributed by atoms with Gasteiger partial charge in [-0.05, 0) is 49.2 Å². The van der Waals surface area contributed by atoms with Crippen LogP contribution in [0.2, 0.25) is 0 Å². The smallest absolute Gasteiger partial charge is 0.260 e. The van der Waals surface area contributed by atoms with Crippen LogP contribution in [-0.4, -0.2) is 74.2 Å². The van der Waals surface area contributed by atoms with Crippen LogP contribution >= 0.6 is 0 Å². The van der Waals surface area contributed by atoms with Crippen molar-refractivity contribution in [3.63, 3.8) is 0 Å².